The summed E-state index contributed by atoms with van der Waals surface area (Å²) in [6.07, 6.45) is 0. The number of aromatic nitrogens is 2. The lowest BCUT2D eigenvalue weighted by Crippen LogP contribution is -2.23. The van der Waals surface area contributed by atoms with Gasteiger partial charge in [0.2, 0.25) is 11.7 Å². The highest BCUT2D eigenvalue weighted by Gasteiger charge is 2.16. The number of ether oxygens (including phenoxy) is 2. The number of carbonyl (C=O) groups excluding carboxylic acids is 1. The van der Waals surface area contributed by atoms with Crippen LogP contribution in [0.2, 0.25) is 10.0 Å². The zero-order valence-corrected chi connectivity index (χ0v) is 16.0. The highest BCUT2D eigenvalue weighted by atomic mass is 35.5. The van der Waals surface area contributed by atoms with Crippen molar-refractivity contribution in [1.82, 2.24) is 15.5 Å². The van der Waals surface area contributed by atoms with Gasteiger partial charge in [0, 0.05) is 5.56 Å². The molecule has 9 heteroatoms. The quantitative estimate of drug-likeness (QED) is 0.664. The van der Waals surface area contributed by atoms with Gasteiger partial charge >= 0.3 is 0 Å². The molecule has 140 valence electrons. The van der Waals surface area contributed by atoms with Crippen LogP contribution in [-0.2, 0) is 6.54 Å². The van der Waals surface area contributed by atoms with Crippen LogP contribution in [0, 0.1) is 0 Å². The van der Waals surface area contributed by atoms with E-state index >= 15 is 0 Å². The summed E-state index contributed by atoms with van der Waals surface area (Å²) in [4.78, 5) is 16.6. The number of amides is 1. The van der Waals surface area contributed by atoms with E-state index in [1.807, 2.05) is 0 Å². The summed E-state index contributed by atoms with van der Waals surface area (Å²) < 4.78 is 15.6. The van der Waals surface area contributed by atoms with Crippen LogP contribution in [0.15, 0.2) is 40.9 Å². The van der Waals surface area contributed by atoms with Crippen molar-refractivity contribution < 1.29 is 18.8 Å². The zero-order valence-electron chi connectivity index (χ0n) is 14.5. The molecule has 1 heterocycles. The summed E-state index contributed by atoms with van der Waals surface area (Å²) in [5.41, 5.74) is 0.878. The van der Waals surface area contributed by atoms with E-state index in [2.05, 4.69) is 15.5 Å². The van der Waals surface area contributed by atoms with E-state index < -0.39 is 5.91 Å². The summed E-state index contributed by atoms with van der Waals surface area (Å²) in [5.74, 6) is 1.29. The Morgan fingerprint density at radius 1 is 1.11 bits per heavy atom. The molecule has 3 aromatic rings. The first kappa shape index (κ1) is 19.0. The van der Waals surface area contributed by atoms with Gasteiger partial charge in [-0.2, -0.15) is 4.98 Å². The summed E-state index contributed by atoms with van der Waals surface area (Å²) in [6, 6.07) is 10.1. The van der Waals surface area contributed by atoms with Crippen LogP contribution in [0.25, 0.3) is 11.4 Å². The fraction of sp³-hybridized carbons (Fsp3) is 0.167. The molecule has 0 saturated carbocycles. The first-order chi connectivity index (χ1) is 13.0. The zero-order chi connectivity index (χ0) is 19.4. The van der Waals surface area contributed by atoms with Gasteiger partial charge in [-0.05, 0) is 30.3 Å². The molecule has 0 aliphatic carbocycles. The second kappa shape index (κ2) is 8.28. The Bertz CT molecular complexity index is 955. The van der Waals surface area contributed by atoms with Crippen molar-refractivity contribution >= 4 is 29.1 Å². The number of carbonyl (C=O) groups is 1. The van der Waals surface area contributed by atoms with Crippen molar-refractivity contribution in [2.45, 2.75) is 6.54 Å². The van der Waals surface area contributed by atoms with Gasteiger partial charge in [-0.1, -0.05) is 34.4 Å². The minimum absolute atomic E-state index is 0.0284. The summed E-state index contributed by atoms with van der Waals surface area (Å²) in [7, 11) is 3.09. The first-order valence-electron chi connectivity index (χ1n) is 7.80. The number of nitrogens with zero attached hydrogens (tertiary/aromatic N) is 2. The molecule has 1 amide bonds. The molecular formula is C18H15Cl2N3O4. The third-order valence-corrected chi connectivity index (χ3v) is 4.33. The predicted octanol–water partition coefficient (Wildman–Crippen LogP) is 3.99. The average Bonchev–Trinajstić information content (AvgIpc) is 3.14. The number of halogens is 2. The van der Waals surface area contributed by atoms with E-state index in [0.717, 1.165) is 0 Å². The van der Waals surface area contributed by atoms with Crippen LogP contribution in [0.4, 0.5) is 0 Å². The largest absolute Gasteiger partial charge is 0.493 e. The SMILES string of the molecule is COc1ccc(-c2noc(CNC(=O)c3c(Cl)cccc3Cl)n2)cc1OC. The molecule has 0 saturated heterocycles. The number of hydrogen-bond donors (Lipinski definition) is 1. The lowest BCUT2D eigenvalue weighted by atomic mass is 10.2. The van der Waals surface area contributed by atoms with Crippen LogP contribution in [0.1, 0.15) is 16.2 Å². The molecule has 3 rings (SSSR count). The minimum atomic E-state index is -0.434. The van der Waals surface area contributed by atoms with Gasteiger partial charge in [0.15, 0.2) is 11.5 Å². The lowest BCUT2D eigenvalue weighted by Gasteiger charge is -2.07. The van der Waals surface area contributed by atoms with Gasteiger partial charge in [-0.3, -0.25) is 4.79 Å². The highest BCUT2D eigenvalue weighted by Crippen LogP contribution is 2.31. The van der Waals surface area contributed by atoms with E-state index in [0.29, 0.717) is 22.9 Å². The fourth-order valence-corrected chi connectivity index (χ4v) is 2.95. The topological polar surface area (TPSA) is 86.5 Å². The predicted molar refractivity (Wildman–Crippen MR) is 100 cm³/mol. The third-order valence-electron chi connectivity index (χ3n) is 3.70. The Hall–Kier alpha value is -2.77. The van der Waals surface area contributed by atoms with E-state index in [-0.39, 0.29) is 28.0 Å². The molecule has 0 bridgehead atoms. The van der Waals surface area contributed by atoms with Crippen LogP contribution in [0.3, 0.4) is 0 Å². The van der Waals surface area contributed by atoms with E-state index in [1.165, 1.54) is 0 Å². The normalized spacial score (nSPS) is 10.5. The van der Waals surface area contributed by atoms with Crippen molar-refractivity contribution in [2.75, 3.05) is 14.2 Å². The Kier molecular flexibility index (Phi) is 5.83. The molecule has 1 N–H and O–H groups in total. The minimum Gasteiger partial charge on any atom is -0.493 e. The smallest absolute Gasteiger partial charge is 0.254 e. The molecular weight excluding hydrogens is 393 g/mol. The second-order valence-electron chi connectivity index (χ2n) is 5.36. The van der Waals surface area contributed by atoms with Gasteiger partial charge < -0.3 is 19.3 Å². The molecule has 7 nitrogen and oxygen atoms in total. The second-order valence-corrected chi connectivity index (χ2v) is 6.18. The van der Waals surface area contributed by atoms with Crippen LogP contribution in [-0.4, -0.2) is 30.3 Å². The molecule has 2 aromatic carbocycles. The highest BCUT2D eigenvalue weighted by molar-refractivity contribution is 6.39. The Labute approximate surface area is 165 Å². The van der Waals surface area contributed by atoms with Crippen molar-refractivity contribution in [3.8, 4) is 22.9 Å². The number of rotatable bonds is 6. The van der Waals surface area contributed by atoms with Gasteiger partial charge in [-0.25, -0.2) is 0 Å². The monoisotopic (exact) mass is 407 g/mol. The molecule has 0 fully saturated rings. The van der Waals surface area contributed by atoms with Crippen molar-refractivity contribution in [1.29, 1.82) is 0 Å². The molecule has 0 aliphatic heterocycles. The summed E-state index contributed by atoms with van der Waals surface area (Å²) in [5, 5.41) is 7.09. The van der Waals surface area contributed by atoms with Crippen molar-refractivity contribution in [2.24, 2.45) is 0 Å². The fourth-order valence-electron chi connectivity index (χ4n) is 2.38. The summed E-state index contributed by atoms with van der Waals surface area (Å²) >= 11 is 12.0. The van der Waals surface area contributed by atoms with Gasteiger partial charge in [0.1, 0.15) is 0 Å². The van der Waals surface area contributed by atoms with Gasteiger partial charge in [-0.15, -0.1) is 0 Å². The third kappa shape index (κ3) is 4.15. The number of benzene rings is 2. The molecule has 1 aromatic heterocycles. The van der Waals surface area contributed by atoms with Gasteiger partial charge in [0.25, 0.3) is 5.91 Å². The van der Waals surface area contributed by atoms with Gasteiger partial charge in [0.05, 0.1) is 36.4 Å². The Morgan fingerprint density at radius 2 is 1.81 bits per heavy atom. The molecule has 0 spiro atoms. The Morgan fingerprint density at radius 3 is 2.48 bits per heavy atom. The first-order valence-corrected chi connectivity index (χ1v) is 8.56. The maximum atomic E-state index is 12.3. The van der Waals surface area contributed by atoms with Crippen LogP contribution < -0.4 is 14.8 Å². The number of hydrogen-bond acceptors (Lipinski definition) is 6. The maximum absolute atomic E-state index is 12.3. The molecule has 0 atom stereocenters. The number of methoxy groups -OCH3 is 2. The van der Waals surface area contributed by atoms with Crippen LogP contribution >= 0.6 is 23.2 Å². The molecule has 0 aliphatic rings. The maximum Gasteiger partial charge on any atom is 0.254 e. The number of nitrogens with one attached hydrogen (secondary N) is 1. The average molecular weight is 408 g/mol. The standard InChI is InChI=1S/C18H15Cl2N3O4/c1-25-13-7-6-10(8-14(13)26-2)17-22-15(27-23-17)9-21-18(24)16-11(19)4-3-5-12(16)20/h3-8H,9H2,1-2H3,(H,21,24). The van der Waals surface area contributed by atoms with E-state index in [1.54, 1.807) is 50.6 Å². The van der Waals surface area contributed by atoms with Crippen molar-refractivity contribution in [3.05, 3.63) is 57.9 Å². The van der Waals surface area contributed by atoms with Crippen LogP contribution in [0.5, 0.6) is 11.5 Å². The lowest BCUT2D eigenvalue weighted by molar-refractivity contribution is 0.0946. The Balaban J connectivity index is 1.72. The van der Waals surface area contributed by atoms with E-state index in [4.69, 9.17) is 37.2 Å². The van der Waals surface area contributed by atoms with E-state index in [9.17, 15) is 4.79 Å². The van der Waals surface area contributed by atoms with Crippen molar-refractivity contribution in [3.63, 3.8) is 0 Å². The summed E-state index contributed by atoms with van der Waals surface area (Å²) in [6.45, 7) is 0.0284. The molecule has 27 heavy (non-hydrogen) atoms. The molecule has 0 radical (unpaired) electrons. The molecule has 0 unspecified atom stereocenters.